The van der Waals surface area contributed by atoms with E-state index in [0.29, 0.717) is 17.4 Å². The van der Waals surface area contributed by atoms with Gasteiger partial charge in [0.05, 0.1) is 4.90 Å². The van der Waals surface area contributed by atoms with Crippen LogP contribution in [0.4, 0.5) is 5.69 Å². The average molecular weight is 445 g/mol. The summed E-state index contributed by atoms with van der Waals surface area (Å²) < 4.78 is 33.6. The second kappa shape index (κ2) is 10.2. The van der Waals surface area contributed by atoms with Crippen LogP contribution in [-0.4, -0.2) is 26.5 Å². The van der Waals surface area contributed by atoms with Crippen molar-refractivity contribution in [2.24, 2.45) is 0 Å². The number of rotatable bonds is 8. The highest BCUT2D eigenvalue weighted by Crippen LogP contribution is 2.22. The average Bonchev–Trinajstić information content (AvgIpc) is 2.75. The molecule has 0 bridgehead atoms. The Balaban J connectivity index is 1.58. The summed E-state index contributed by atoms with van der Waals surface area (Å²) in [6.07, 6.45) is 4.89. The highest BCUT2D eigenvalue weighted by molar-refractivity contribution is 7.92. The van der Waals surface area contributed by atoms with Crippen molar-refractivity contribution >= 4 is 21.6 Å². The summed E-state index contributed by atoms with van der Waals surface area (Å²) in [5.41, 5.74) is 1.66. The fraction of sp³-hybridized carbons (Fsp3) is 0.458. The molecule has 0 saturated heterocycles. The van der Waals surface area contributed by atoms with Crippen molar-refractivity contribution in [1.82, 2.24) is 5.32 Å². The molecule has 1 aliphatic carbocycles. The summed E-state index contributed by atoms with van der Waals surface area (Å²) in [7, 11) is -3.71. The van der Waals surface area contributed by atoms with Gasteiger partial charge in [-0.1, -0.05) is 45.2 Å². The van der Waals surface area contributed by atoms with Gasteiger partial charge in [0, 0.05) is 11.7 Å². The summed E-state index contributed by atoms with van der Waals surface area (Å²) in [5, 5.41) is 3.04. The lowest BCUT2D eigenvalue weighted by Crippen LogP contribution is -2.43. The van der Waals surface area contributed by atoms with Gasteiger partial charge in [0.1, 0.15) is 5.75 Å². The Hall–Kier alpha value is -2.54. The summed E-state index contributed by atoms with van der Waals surface area (Å²) in [6.45, 7) is 5.87. The van der Waals surface area contributed by atoms with Crippen LogP contribution in [0.15, 0.2) is 53.4 Å². The highest BCUT2D eigenvalue weighted by atomic mass is 32.2. The fourth-order valence-corrected chi connectivity index (χ4v) is 4.73. The van der Waals surface area contributed by atoms with Crippen molar-refractivity contribution in [2.75, 3.05) is 4.72 Å². The monoisotopic (exact) mass is 444 g/mol. The molecule has 2 aromatic rings. The van der Waals surface area contributed by atoms with Gasteiger partial charge in [-0.2, -0.15) is 0 Å². The lowest BCUT2D eigenvalue weighted by atomic mass is 9.95. The van der Waals surface area contributed by atoms with E-state index < -0.39 is 16.1 Å². The van der Waals surface area contributed by atoms with Crippen LogP contribution in [0.2, 0.25) is 0 Å². The standard InChI is InChI=1S/C24H32N2O4S/c1-17(2)19-9-11-21(12-10-19)26-31(28,29)23-15-13-22(14-16-23)30-18(3)24(27)25-20-7-5-4-6-8-20/h9-18,20,26H,4-8H2,1-3H3,(H,25,27)/t18-/m0/s1. The first-order valence-corrected chi connectivity index (χ1v) is 12.4. The number of sulfonamides is 1. The number of anilines is 1. The number of ether oxygens (including phenoxy) is 1. The van der Waals surface area contributed by atoms with E-state index in [2.05, 4.69) is 23.9 Å². The molecule has 0 spiro atoms. The van der Waals surface area contributed by atoms with Crippen molar-refractivity contribution in [2.45, 2.75) is 75.8 Å². The third-order valence-corrected chi connectivity index (χ3v) is 6.99. The van der Waals surface area contributed by atoms with Gasteiger partial charge in [-0.3, -0.25) is 9.52 Å². The second-order valence-corrected chi connectivity index (χ2v) is 10.1. The van der Waals surface area contributed by atoms with Crippen LogP contribution in [0.3, 0.4) is 0 Å². The lowest BCUT2D eigenvalue weighted by Gasteiger charge is -2.24. The smallest absolute Gasteiger partial charge is 0.261 e. The summed E-state index contributed by atoms with van der Waals surface area (Å²) in [5.74, 6) is 0.687. The number of nitrogens with one attached hydrogen (secondary N) is 2. The minimum absolute atomic E-state index is 0.132. The Morgan fingerprint density at radius 2 is 1.55 bits per heavy atom. The molecular formula is C24H32N2O4S. The van der Waals surface area contributed by atoms with E-state index in [-0.39, 0.29) is 16.8 Å². The number of hydrogen-bond donors (Lipinski definition) is 2. The molecule has 0 radical (unpaired) electrons. The SMILES string of the molecule is CC(C)c1ccc(NS(=O)(=O)c2ccc(O[C@@H](C)C(=O)NC3CCCCC3)cc2)cc1. The molecule has 168 valence electrons. The quantitative estimate of drug-likeness (QED) is 0.611. The number of amides is 1. The van der Waals surface area contributed by atoms with Crippen LogP contribution in [0.5, 0.6) is 5.75 Å². The molecule has 7 heteroatoms. The Morgan fingerprint density at radius 1 is 0.935 bits per heavy atom. The molecule has 31 heavy (non-hydrogen) atoms. The van der Waals surface area contributed by atoms with E-state index in [0.717, 1.165) is 31.2 Å². The van der Waals surface area contributed by atoms with Crippen molar-refractivity contribution < 1.29 is 17.9 Å². The van der Waals surface area contributed by atoms with E-state index in [1.54, 1.807) is 31.2 Å². The summed E-state index contributed by atoms with van der Waals surface area (Å²) >= 11 is 0. The van der Waals surface area contributed by atoms with E-state index >= 15 is 0 Å². The zero-order valence-electron chi connectivity index (χ0n) is 18.4. The lowest BCUT2D eigenvalue weighted by molar-refractivity contribution is -0.128. The molecule has 1 amide bonds. The number of carbonyl (C=O) groups excluding carboxylic acids is 1. The van der Waals surface area contributed by atoms with Crippen LogP contribution < -0.4 is 14.8 Å². The predicted octanol–water partition coefficient (Wildman–Crippen LogP) is 4.83. The Bertz CT molecular complexity index is 964. The van der Waals surface area contributed by atoms with Gasteiger partial charge in [0.25, 0.3) is 15.9 Å². The summed E-state index contributed by atoms with van der Waals surface area (Å²) in [6, 6.07) is 13.7. The number of carbonyl (C=O) groups is 1. The number of benzene rings is 2. The molecule has 0 unspecified atom stereocenters. The molecule has 1 aliphatic rings. The maximum Gasteiger partial charge on any atom is 0.261 e. The van der Waals surface area contributed by atoms with Crippen molar-refractivity contribution in [1.29, 1.82) is 0 Å². The third-order valence-electron chi connectivity index (χ3n) is 5.60. The van der Waals surface area contributed by atoms with E-state index in [1.165, 1.54) is 18.6 Å². The topological polar surface area (TPSA) is 84.5 Å². The van der Waals surface area contributed by atoms with Crippen LogP contribution in [0.25, 0.3) is 0 Å². The van der Waals surface area contributed by atoms with E-state index in [4.69, 9.17) is 4.74 Å². The highest BCUT2D eigenvalue weighted by Gasteiger charge is 2.21. The molecule has 3 rings (SSSR count). The normalized spacial score (nSPS) is 16.0. The maximum absolute atomic E-state index is 12.7. The van der Waals surface area contributed by atoms with Gasteiger partial charge < -0.3 is 10.1 Å². The second-order valence-electron chi connectivity index (χ2n) is 8.46. The minimum atomic E-state index is -3.71. The zero-order chi connectivity index (χ0) is 22.4. The molecule has 1 saturated carbocycles. The van der Waals surface area contributed by atoms with E-state index in [9.17, 15) is 13.2 Å². The van der Waals surface area contributed by atoms with Gasteiger partial charge in [0.15, 0.2) is 6.10 Å². The van der Waals surface area contributed by atoms with Crippen molar-refractivity contribution in [3.63, 3.8) is 0 Å². The van der Waals surface area contributed by atoms with Crippen molar-refractivity contribution in [3.8, 4) is 5.75 Å². The van der Waals surface area contributed by atoms with Gasteiger partial charge in [0.2, 0.25) is 0 Å². The van der Waals surface area contributed by atoms with Crippen LogP contribution >= 0.6 is 0 Å². The molecule has 6 nitrogen and oxygen atoms in total. The molecule has 2 N–H and O–H groups in total. The van der Waals surface area contributed by atoms with Gasteiger partial charge in [-0.15, -0.1) is 0 Å². The molecule has 0 aliphatic heterocycles. The van der Waals surface area contributed by atoms with Gasteiger partial charge in [-0.25, -0.2) is 8.42 Å². The van der Waals surface area contributed by atoms with Crippen LogP contribution in [-0.2, 0) is 14.8 Å². The number of hydrogen-bond acceptors (Lipinski definition) is 4. The Morgan fingerprint density at radius 3 is 2.13 bits per heavy atom. The van der Waals surface area contributed by atoms with Crippen molar-refractivity contribution in [3.05, 3.63) is 54.1 Å². The van der Waals surface area contributed by atoms with Crippen LogP contribution in [0, 0.1) is 0 Å². The van der Waals surface area contributed by atoms with Crippen LogP contribution in [0.1, 0.15) is 64.4 Å². The molecule has 1 fully saturated rings. The fourth-order valence-electron chi connectivity index (χ4n) is 3.67. The van der Waals surface area contributed by atoms with Gasteiger partial charge >= 0.3 is 0 Å². The Kier molecular flexibility index (Phi) is 7.59. The molecule has 0 aromatic heterocycles. The molecule has 0 heterocycles. The molecule has 2 aromatic carbocycles. The Labute approximate surface area is 185 Å². The molecule has 1 atom stereocenters. The van der Waals surface area contributed by atoms with Gasteiger partial charge in [-0.05, 0) is 67.6 Å². The summed E-state index contributed by atoms with van der Waals surface area (Å²) in [4.78, 5) is 12.5. The first kappa shape index (κ1) is 23.1. The predicted molar refractivity (Wildman–Crippen MR) is 123 cm³/mol. The largest absolute Gasteiger partial charge is 0.481 e. The third kappa shape index (κ3) is 6.47. The zero-order valence-corrected chi connectivity index (χ0v) is 19.2. The minimum Gasteiger partial charge on any atom is -0.481 e. The van der Waals surface area contributed by atoms with E-state index in [1.807, 2.05) is 12.1 Å². The first-order chi connectivity index (χ1) is 14.7. The maximum atomic E-state index is 12.7. The molecular weight excluding hydrogens is 412 g/mol. The first-order valence-electron chi connectivity index (χ1n) is 10.9.